The molecule has 0 aromatic carbocycles. The van der Waals surface area contributed by atoms with Crippen LogP contribution in [0.4, 0.5) is 0 Å². The second-order valence-corrected chi connectivity index (χ2v) is 2.56. The first kappa shape index (κ1) is 9.38. The summed E-state index contributed by atoms with van der Waals surface area (Å²) in [6, 6.07) is 0. The summed E-state index contributed by atoms with van der Waals surface area (Å²) in [6.45, 7) is 10.0. The molecule has 1 radical (unpaired) electrons. The topological polar surface area (TPSA) is 0 Å². The summed E-state index contributed by atoms with van der Waals surface area (Å²) in [6.07, 6.45) is 0. The van der Waals surface area contributed by atoms with E-state index >= 15 is 0 Å². The molecule has 0 amide bonds. The van der Waals surface area contributed by atoms with E-state index in [0.717, 1.165) is 0 Å². The van der Waals surface area contributed by atoms with E-state index < -0.39 is 0 Å². The van der Waals surface area contributed by atoms with Crippen molar-refractivity contribution in [3.63, 3.8) is 0 Å². The maximum absolute atomic E-state index is 3.77. The van der Waals surface area contributed by atoms with E-state index in [9.17, 15) is 0 Å². The Morgan fingerprint density at radius 2 is 1.17 bits per heavy atom. The number of hydrogen-bond donors (Lipinski definition) is 0. The molecular weight excluding hydrogens is 72.1 g/mol. The fourth-order valence-electron chi connectivity index (χ4n) is 0. The molecule has 0 heterocycles. The van der Waals surface area contributed by atoms with Crippen LogP contribution in [-0.2, 0) is 0 Å². The first-order valence-corrected chi connectivity index (χ1v) is 1.85. The van der Waals surface area contributed by atoms with Crippen LogP contribution in [0.3, 0.4) is 0 Å². The van der Waals surface area contributed by atoms with Gasteiger partial charge in [-0.25, -0.2) is 0 Å². The van der Waals surface area contributed by atoms with E-state index in [4.69, 9.17) is 0 Å². The fraction of sp³-hybridized carbons (Fsp3) is 0.833. The number of hydrogen-bond acceptors (Lipinski definition) is 0. The molecule has 6 heavy (non-hydrogen) atoms. The normalized spacial score (nSPS) is 10.0. The van der Waals surface area contributed by atoms with Gasteiger partial charge in [0.2, 0.25) is 0 Å². The van der Waals surface area contributed by atoms with Crippen molar-refractivity contribution in [3.05, 3.63) is 6.92 Å². The quantitative estimate of drug-likeness (QED) is 0.426. The average Bonchev–Trinajstić information content (AvgIpc) is 0.722. The first-order valence-electron chi connectivity index (χ1n) is 1.85. The van der Waals surface area contributed by atoms with E-state index in [2.05, 4.69) is 27.7 Å². The second-order valence-electron chi connectivity index (χ2n) is 2.56. The molecule has 0 saturated carbocycles. The maximum Gasteiger partial charge on any atom is -0.0382 e. The Labute approximate surface area is 41.6 Å². The molecule has 0 fully saturated rings. The molecular formula is C6H15. The fourth-order valence-corrected chi connectivity index (χ4v) is 0. The Hall–Kier alpha value is 0. The van der Waals surface area contributed by atoms with Crippen LogP contribution in [0.15, 0.2) is 0 Å². The Morgan fingerprint density at radius 3 is 1.17 bits per heavy atom. The summed E-state index contributed by atoms with van der Waals surface area (Å²) in [4.78, 5) is 0. The summed E-state index contributed by atoms with van der Waals surface area (Å²) >= 11 is 0. The van der Waals surface area contributed by atoms with Crippen molar-refractivity contribution in [3.8, 4) is 0 Å². The zero-order valence-corrected chi connectivity index (χ0v) is 4.21. The summed E-state index contributed by atoms with van der Waals surface area (Å²) in [5.74, 6) is 0. The van der Waals surface area contributed by atoms with Gasteiger partial charge in [0.25, 0.3) is 0 Å². The van der Waals surface area contributed by atoms with Crippen molar-refractivity contribution in [2.24, 2.45) is 5.41 Å². The van der Waals surface area contributed by atoms with Crippen LogP contribution in [-0.4, -0.2) is 0 Å². The minimum absolute atomic E-state index is 0. The molecule has 0 aromatic heterocycles. The summed E-state index contributed by atoms with van der Waals surface area (Å²) < 4.78 is 0. The minimum atomic E-state index is 0. The first-order chi connectivity index (χ1) is 2.00. The molecule has 0 aromatic rings. The van der Waals surface area contributed by atoms with Gasteiger partial charge in [-0.15, -0.1) is 0 Å². The lowest BCUT2D eigenvalue weighted by Crippen LogP contribution is -1.94. The maximum atomic E-state index is 3.77. The third kappa shape index (κ3) is 0. The van der Waals surface area contributed by atoms with Crippen LogP contribution in [0.25, 0.3) is 0 Å². The molecule has 0 bridgehead atoms. The van der Waals surface area contributed by atoms with Crippen molar-refractivity contribution < 1.29 is 0 Å². The highest BCUT2D eigenvalue weighted by molar-refractivity contribution is 4.60. The highest BCUT2D eigenvalue weighted by atomic mass is 14.0. The van der Waals surface area contributed by atoms with E-state index in [0.29, 0.717) is 0 Å². The predicted octanol–water partition coefficient (Wildman–Crippen LogP) is 2.50. The van der Waals surface area contributed by atoms with Crippen LogP contribution < -0.4 is 0 Å². The average molecular weight is 87.2 g/mol. The van der Waals surface area contributed by atoms with Crippen LogP contribution >= 0.6 is 0 Å². The van der Waals surface area contributed by atoms with Gasteiger partial charge in [0.05, 0.1) is 0 Å². The SMILES string of the molecule is C.[CH2]C(C)(C)C. The van der Waals surface area contributed by atoms with Crippen LogP contribution in [0.2, 0.25) is 0 Å². The lowest BCUT2D eigenvalue weighted by atomic mass is 10.0. The standard InChI is InChI=1S/C5H11.CH4/c1-5(2,3)4;/h1H2,2-4H3;1H4. The summed E-state index contributed by atoms with van der Waals surface area (Å²) in [5, 5.41) is 0. The predicted molar refractivity (Wildman–Crippen MR) is 31.5 cm³/mol. The molecule has 0 spiro atoms. The molecule has 0 saturated heterocycles. The third-order valence-electron chi connectivity index (χ3n) is 0. The minimum Gasteiger partial charge on any atom is -0.0776 e. The van der Waals surface area contributed by atoms with Crippen LogP contribution in [0.5, 0.6) is 0 Å². The Morgan fingerprint density at radius 1 is 1.17 bits per heavy atom. The number of rotatable bonds is 0. The van der Waals surface area contributed by atoms with Gasteiger partial charge in [-0.3, -0.25) is 0 Å². The highest BCUT2D eigenvalue weighted by Crippen LogP contribution is 2.07. The monoisotopic (exact) mass is 87.1 g/mol. The second kappa shape index (κ2) is 2.22. The van der Waals surface area contributed by atoms with Gasteiger partial charge < -0.3 is 0 Å². The zero-order chi connectivity index (χ0) is 4.50. The molecule has 39 valence electrons. The molecule has 0 rings (SSSR count). The van der Waals surface area contributed by atoms with Crippen LogP contribution in [0.1, 0.15) is 28.2 Å². The van der Waals surface area contributed by atoms with Gasteiger partial charge in [0.1, 0.15) is 0 Å². The van der Waals surface area contributed by atoms with Crippen molar-refractivity contribution in [2.75, 3.05) is 0 Å². The largest absolute Gasteiger partial charge is 0.0776 e. The van der Waals surface area contributed by atoms with Gasteiger partial charge >= 0.3 is 0 Å². The van der Waals surface area contributed by atoms with Gasteiger partial charge in [0.15, 0.2) is 0 Å². The summed E-state index contributed by atoms with van der Waals surface area (Å²) in [7, 11) is 0. The smallest absolute Gasteiger partial charge is 0.0382 e. The molecule has 0 unspecified atom stereocenters. The summed E-state index contributed by atoms with van der Waals surface area (Å²) in [5.41, 5.74) is 0.250. The zero-order valence-electron chi connectivity index (χ0n) is 4.21. The van der Waals surface area contributed by atoms with Gasteiger partial charge in [-0.05, 0) is 12.3 Å². The van der Waals surface area contributed by atoms with E-state index in [1.807, 2.05) is 0 Å². The molecule has 0 aliphatic heterocycles. The third-order valence-corrected chi connectivity index (χ3v) is 0. The van der Waals surface area contributed by atoms with Gasteiger partial charge in [-0.1, -0.05) is 28.2 Å². The molecule has 0 nitrogen and oxygen atoms in total. The molecule has 0 atom stereocenters. The molecule has 0 heteroatoms. The van der Waals surface area contributed by atoms with E-state index in [1.54, 1.807) is 0 Å². The molecule has 0 aliphatic rings. The Balaban J connectivity index is 0. The van der Waals surface area contributed by atoms with Gasteiger partial charge in [-0.2, -0.15) is 0 Å². The highest BCUT2D eigenvalue weighted by Gasteiger charge is 1.95. The Kier molecular flexibility index (Phi) is 3.47. The van der Waals surface area contributed by atoms with Crippen LogP contribution in [0, 0.1) is 12.3 Å². The Bertz CT molecular complexity index is 15.5. The van der Waals surface area contributed by atoms with E-state index in [-0.39, 0.29) is 12.8 Å². The molecule has 0 N–H and O–H groups in total. The van der Waals surface area contributed by atoms with E-state index in [1.165, 1.54) is 0 Å². The lowest BCUT2D eigenvalue weighted by molar-refractivity contribution is 0.539. The van der Waals surface area contributed by atoms with Crippen molar-refractivity contribution in [1.29, 1.82) is 0 Å². The van der Waals surface area contributed by atoms with Crippen molar-refractivity contribution in [2.45, 2.75) is 28.2 Å². The van der Waals surface area contributed by atoms with Crippen molar-refractivity contribution >= 4 is 0 Å². The lowest BCUT2D eigenvalue weighted by Gasteiger charge is -2.05. The van der Waals surface area contributed by atoms with Crippen molar-refractivity contribution in [1.82, 2.24) is 0 Å². The molecule has 0 aliphatic carbocycles. The van der Waals surface area contributed by atoms with Gasteiger partial charge in [0, 0.05) is 0 Å².